The molecule has 4 nitrogen and oxygen atoms in total. The summed E-state index contributed by atoms with van der Waals surface area (Å²) in [4.78, 5) is 11.2. The number of nitrogens with two attached hydrogens (primary N) is 1. The molecule has 1 aromatic carbocycles. The lowest BCUT2D eigenvalue weighted by molar-refractivity contribution is 0.622. The molecule has 0 aliphatic carbocycles. The molecule has 1 atom stereocenters. The molecule has 0 aliphatic heterocycles. The number of aromatic amines is 1. The first-order valence-corrected chi connectivity index (χ1v) is 6.68. The van der Waals surface area contributed by atoms with Gasteiger partial charge in [0.1, 0.15) is 11.6 Å². The zero-order chi connectivity index (χ0) is 14.7. The van der Waals surface area contributed by atoms with Gasteiger partial charge in [-0.1, -0.05) is 30.3 Å². The van der Waals surface area contributed by atoms with Crippen molar-refractivity contribution in [3.05, 3.63) is 72.2 Å². The van der Waals surface area contributed by atoms with E-state index in [9.17, 15) is 4.39 Å². The molecule has 2 aromatic heterocycles. The third-order valence-corrected chi connectivity index (χ3v) is 3.26. The smallest absolute Gasteiger partial charge is 0.142 e. The van der Waals surface area contributed by atoms with E-state index in [2.05, 4.69) is 15.0 Å². The highest BCUT2D eigenvalue weighted by Crippen LogP contribution is 2.20. The van der Waals surface area contributed by atoms with Crippen LogP contribution in [0, 0.1) is 5.82 Å². The fourth-order valence-electron chi connectivity index (χ4n) is 2.20. The Labute approximate surface area is 121 Å². The van der Waals surface area contributed by atoms with Gasteiger partial charge in [-0.2, -0.15) is 0 Å². The van der Waals surface area contributed by atoms with Gasteiger partial charge in [0.2, 0.25) is 0 Å². The number of imidazole rings is 1. The largest absolute Gasteiger partial charge is 0.341 e. The zero-order valence-electron chi connectivity index (χ0n) is 11.3. The lowest BCUT2D eigenvalue weighted by atomic mass is 10.1. The number of H-pyrrole nitrogens is 1. The number of hydrogen-bond donors (Lipinski definition) is 2. The van der Waals surface area contributed by atoms with Crippen LogP contribution in [0.3, 0.4) is 0 Å². The third-order valence-electron chi connectivity index (χ3n) is 3.26. The minimum Gasteiger partial charge on any atom is -0.341 e. The summed E-state index contributed by atoms with van der Waals surface area (Å²) in [5, 5.41) is 0. The van der Waals surface area contributed by atoms with Gasteiger partial charge in [-0.25, -0.2) is 9.37 Å². The lowest BCUT2D eigenvalue weighted by Crippen LogP contribution is -2.14. The second-order valence-corrected chi connectivity index (χ2v) is 4.87. The molecule has 0 aliphatic rings. The first-order valence-electron chi connectivity index (χ1n) is 6.68. The van der Waals surface area contributed by atoms with Gasteiger partial charge in [-0.15, -0.1) is 0 Å². The molecule has 3 aromatic rings. The fourth-order valence-corrected chi connectivity index (χ4v) is 2.20. The summed E-state index contributed by atoms with van der Waals surface area (Å²) < 4.78 is 13.2. The normalized spacial score (nSPS) is 12.3. The van der Waals surface area contributed by atoms with Gasteiger partial charge in [0.05, 0.1) is 24.1 Å². The second-order valence-electron chi connectivity index (χ2n) is 4.87. The summed E-state index contributed by atoms with van der Waals surface area (Å²) in [5.74, 6) is 0.301. The molecule has 0 radical (unpaired) electrons. The van der Waals surface area contributed by atoms with E-state index in [1.54, 1.807) is 12.4 Å². The summed E-state index contributed by atoms with van der Waals surface area (Å²) in [6, 6.07) is 11.2. The van der Waals surface area contributed by atoms with Gasteiger partial charge < -0.3 is 10.7 Å². The quantitative estimate of drug-likeness (QED) is 0.773. The van der Waals surface area contributed by atoms with Gasteiger partial charge in [0, 0.05) is 11.8 Å². The Morgan fingerprint density at radius 1 is 1.14 bits per heavy atom. The van der Waals surface area contributed by atoms with Crippen LogP contribution >= 0.6 is 0 Å². The molecule has 0 saturated carbocycles. The van der Waals surface area contributed by atoms with E-state index in [0.717, 1.165) is 5.56 Å². The maximum atomic E-state index is 13.2. The highest BCUT2D eigenvalue weighted by Gasteiger charge is 2.12. The van der Waals surface area contributed by atoms with Crippen molar-refractivity contribution in [1.29, 1.82) is 0 Å². The third kappa shape index (κ3) is 3.14. The molecule has 3 N–H and O–H groups in total. The van der Waals surface area contributed by atoms with Crippen LogP contribution in [-0.4, -0.2) is 15.0 Å². The topological polar surface area (TPSA) is 67.6 Å². The molecule has 3 rings (SSSR count). The molecule has 21 heavy (non-hydrogen) atoms. The molecular weight excluding hydrogens is 267 g/mol. The van der Waals surface area contributed by atoms with Crippen LogP contribution in [-0.2, 0) is 6.42 Å². The maximum absolute atomic E-state index is 13.2. The highest BCUT2D eigenvalue weighted by atomic mass is 19.1. The molecule has 0 bridgehead atoms. The fraction of sp³-hybridized carbons (Fsp3) is 0.125. The Kier molecular flexibility index (Phi) is 3.75. The van der Waals surface area contributed by atoms with E-state index >= 15 is 0 Å². The van der Waals surface area contributed by atoms with Crippen LogP contribution in [0.1, 0.15) is 17.4 Å². The second kappa shape index (κ2) is 5.85. The standard InChI is InChI=1S/C16H15FN4/c17-13-7-12(8-19-9-13)15-10-20-16(21-15)14(18)6-11-4-2-1-3-5-11/h1-5,7-10,14H,6,18H2,(H,20,21). The minimum absolute atomic E-state index is 0.234. The van der Waals surface area contributed by atoms with Crippen molar-refractivity contribution in [2.75, 3.05) is 0 Å². The average Bonchev–Trinajstić information content (AvgIpc) is 2.98. The highest BCUT2D eigenvalue weighted by molar-refractivity contribution is 5.57. The van der Waals surface area contributed by atoms with Crippen LogP contribution < -0.4 is 5.73 Å². The van der Waals surface area contributed by atoms with Crippen molar-refractivity contribution < 1.29 is 4.39 Å². The van der Waals surface area contributed by atoms with Crippen molar-refractivity contribution in [3.63, 3.8) is 0 Å². The first-order chi connectivity index (χ1) is 10.2. The molecule has 2 heterocycles. The van der Waals surface area contributed by atoms with Crippen molar-refractivity contribution in [3.8, 4) is 11.3 Å². The summed E-state index contributed by atoms with van der Waals surface area (Å²) in [6.07, 6.45) is 5.09. The molecule has 5 heteroatoms. The van der Waals surface area contributed by atoms with Crippen molar-refractivity contribution >= 4 is 0 Å². The number of nitrogens with one attached hydrogen (secondary N) is 1. The van der Waals surface area contributed by atoms with Gasteiger partial charge >= 0.3 is 0 Å². The van der Waals surface area contributed by atoms with Crippen LogP contribution in [0.2, 0.25) is 0 Å². The number of rotatable bonds is 4. The number of pyridine rings is 1. The monoisotopic (exact) mass is 282 g/mol. The van der Waals surface area contributed by atoms with E-state index in [1.165, 1.54) is 12.3 Å². The van der Waals surface area contributed by atoms with Gasteiger partial charge in [-0.05, 0) is 18.1 Å². The van der Waals surface area contributed by atoms with Crippen LogP contribution in [0.5, 0.6) is 0 Å². The minimum atomic E-state index is -0.378. The number of benzene rings is 1. The van der Waals surface area contributed by atoms with E-state index in [1.807, 2.05) is 30.3 Å². The summed E-state index contributed by atoms with van der Waals surface area (Å²) >= 11 is 0. The Hall–Kier alpha value is -2.53. The van der Waals surface area contributed by atoms with E-state index < -0.39 is 0 Å². The lowest BCUT2D eigenvalue weighted by Gasteiger charge is -2.08. The van der Waals surface area contributed by atoms with E-state index in [4.69, 9.17) is 5.73 Å². The number of nitrogens with zero attached hydrogens (tertiary/aromatic N) is 2. The Morgan fingerprint density at radius 2 is 1.95 bits per heavy atom. The molecule has 0 fully saturated rings. The number of hydrogen-bond acceptors (Lipinski definition) is 3. The molecule has 106 valence electrons. The van der Waals surface area contributed by atoms with Gasteiger partial charge in [-0.3, -0.25) is 4.98 Å². The molecular formula is C16H15FN4. The van der Waals surface area contributed by atoms with Crippen molar-refractivity contribution in [2.45, 2.75) is 12.5 Å². The Balaban J connectivity index is 1.78. The maximum Gasteiger partial charge on any atom is 0.142 e. The zero-order valence-corrected chi connectivity index (χ0v) is 11.3. The summed E-state index contributed by atoms with van der Waals surface area (Å²) in [6.45, 7) is 0. The predicted octanol–water partition coefficient (Wildman–Crippen LogP) is 2.85. The molecule has 0 spiro atoms. The van der Waals surface area contributed by atoms with Crippen LogP contribution in [0.4, 0.5) is 4.39 Å². The summed E-state index contributed by atoms with van der Waals surface area (Å²) in [5.41, 5.74) is 8.68. The number of aromatic nitrogens is 3. The predicted molar refractivity (Wildman–Crippen MR) is 78.9 cm³/mol. The Morgan fingerprint density at radius 3 is 2.71 bits per heavy atom. The van der Waals surface area contributed by atoms with E-state index in [-0.39, 0.29) is 11.9 Å². The van der Waals surface area contributed by atoms with Gasteiger partial charge in [0.15, 0.2) is 0 Å². The molecule has 0 amide bonds. The van der Waals surface area contributed by atoms with Crippen molar-refractivity contribution in [2.24, 2.45) is 5.73 Å². The molecule has 0 saturated heterocycles. The summed E-state index contributed by atoms with van der Waals surface area (Å²) in [7, 11) is 0. The number of halogens is 1. The van der Waals surface area contributed by atoms with Crippen LogP contribution in [0.25, 0.3) is 11.3 Å². The first kappa shape index (κ1) is 13.5. The van der Waals surface area contributed by atoms with E-state index in [0.29, 0.717) is 23.5 Å². The average molecular weight is 282 g/mol. The van der Waals surface area contributed by atoms with Gasteiger partial charge in [0.25, 0.3) is 0 Å². The van der Waals surface area contributed by atoms with Crippen molar-refractivity contribution in [1.82, 2.24) is 15.0 Å². The van der Waals surface area contributed by atoms with Crippen LogP contribution in [0.15, 0.2) is 55.0 Å². The molecule has 1 unspecified atom stereocenters. The Bertz CT molecular complexity index is 724. The SMILES string of the molecule is NC(Cc1ccccc1)c1ncc(-c2cncc(F)c2)[nH]1.